The van der Waals surface area contributed by atoms with Gasteiger partial charge in [-0.1, -0.05) is 6.07 Å². The lowest BCUT2D eigenvalue weighted by atomic mass is 10.0. The molecule has 0 aliphatic heterocycles. The second-order valence-corrected chi connectivity index (χ2v) is 3.81. The Morgan fingerprint density at radius 1 is 1.22 bits per heavy atom. The first-order valence-electron chi connectivity index (χ1n) is 5.36. The third kappa shape index (κ3) is 2.85. The summed E-state index contributed by atoms with van der Waals surface area (Å²) in [5.74, 6) is 3.71. The average Bonchev–Trinajstić information content (AvgIpc) is 2.41. The van der Waals surface area contributed by atoms with Crippen LogP contribution in [0.4, 0.5) is 8.78 Å². The van der Waals surface area contributed by atoms with Gasteiger partial charge in [-0.15, -0.1) is 0 Å². The van der Waals surface area contributed by atoms with Gasteiger partial charge in [0.1, 0.15) is 6.33 Å². The molecule has 3 N–H and O–H groups in total. The van der Waals surface area contributed by atoms with Crippen LogP contribution in [0.2, 0.25) is 0 Å². The second-order valence-electron chi connectivity index (χ2n) is 3.81. The number of nitrogens with one attached hydrogen (secondary N) is 1. The van der Waals surface area contributed by atoms with E-state index >= 15 is 0 Å². The van der Waals surface area contributed by atoms with Gasteiger partial charge in [-0.3, -0.25) is 11.3 Å². The molecule has 0 amide bonds. The van der Waals surface area contributed by atoms with Crippen molar-refractivity contribution >= 4 is 0 Å². The van der Waals surface area contributed by atoms with E-state index in [1.54, 1.807) is 12.3 Å². The molecule has 2 aromatic rings. The van der Waals surface area contributed by atoms with E-state index in [1.165, 1.54) is 12.4 Å². The van der Waals surface area contributed by atoms with Crippen LogP contribution in [0.3, 0.4) is 0 Å². The third-order valence-corrected chi connectivity index (χ3v) is 2.59. The maximum absolute atomic E-state index is 13.1. The van der Waals surface area contributed by atoms with Crippen molar-refractivity contribution in [2.24, 2.45) is 5.84 Å². The lowest BCUT2D eigenvalue weighted by Gasteiger charge is -2.15. The Morgan fingerprint density at radius 2 is 2.06 bits per heavy atom. The van der Waals surface area contributed by atoms with Gasteiger partial charge >= 0.3 is 0 Å². The van der Waals surface area contributed by atoms with E-state index in [-0.39, 0.29) is 6.04 Å². The van der Waals surface area contributed by atoms with Crippen molar-refractivity contribution in [1.82, 2.24) is 15.4 Å². The Balaban J connectivity index is 2.18. The Bertz CT molecular complexity index is 519. The summed E-state index contributed by atoms with van der Waals surface area (Å²) in [6, 6.07) is 5.20. The predicted molar refractivity (Wildman–Crippen MR) is 62.2 cm³/mol. The van der Waals surface area contributed by atoms with Gasteiger partial charge in [-0.2, -0.15) is 0 Å². The summed E-state index contributed by atoms with van der Waals surface area (Å²) in [7, 11) is 0. The molecule has 0 spiro atoms. The number of aromatic nitrogens is 2. The highest BCUT2D eigenvalue weighted by Crippen LogP contribution is 2.17. The van der Waals surface area contributed by atoms with Gasteiger partial charge in [-0.05, 0) is 30.2 Å². The highest BCUT2D eigenvalue weighted by Gasteiger charge is 2.13. The summed E-state index contributed by atoms with van der Waals surface area (Å²) in [6.07, 6.45) is 3.41. The Morgan fingerprint density at radius 3 is 2.67 bits per heavy atom. The zero-order valence-electron chi connectivity index (χ0n) is 9.48. The SMILES string of the molecule is NNC(Cc1ccc(F)c(F)c1)c1ccncn1. The Hall–Kier alpha value is -1.92. The Labute approximate surface area is 103 Å². The lowest BCUT2D eigenvalue weighted by molar-refractivity contribution is 0.501. The number of benzene rings is 1. The zero-order chi connectivity index (χ0) is 13.0. The van der Waals surface area contributed by atoms with Crippen molar-refractivity contribution in [3.63, 3.8) is 0 Å². The average molecular weight is 250 g/mol. The van der Waals surface area contributed by atoms with Crippen molar-refractivity contribution in [2.45, 2.75) is 12.5 Å². The number of rotatable bonds is 4. The van der Waals surface area contributed by atoms with E-state index in [1.807, 2.05) is 0 Å². The predicted octanol–water partition coefficient (Wildman–Crippen LogP) is 1.50. The second kappa shape index (κ2) is 5.61. The first kappa shape index (κ1) is 12.5. The van der Waals surface area contributed by atoms with Crippen molar-refractivity contribution in [1.29, 1.82) is 0 Å². The zero-order valence-corrected chi connectivity index (χ0v) is 9.48. The summed E-state index contributed by atoms with van der Waals surface area (Å²) in [6.45, 7) is 0. The molecule has 0 saturated heterocycles. The van der Waals surface area contributed by atoms with Crippen molar-refractivity contribution in [3.05, 3.63) is 59.7 Å². The molecule has 0 bridgehead atoms. The molecule has 1 aromatic carbocycles. The normalized spacial score (nSPS) is 12.4. The number of halogens is 2. The van der Waals surface area contributed by atoms with Gasteiger partial charge in [0.2, 0.25) is 0 Å². The van der Waals surface area contributed by atoms with Gasteiger partial charge in [-0.25, -0.2) is 18.7 Å². The summed E-state index contributed by atoms with van der Waals surface area (Å²) < 4.78 is 25.9. The highest BCUT2D eigenvalue weighted by atomic mass is 19.2. The van der Waals surface area contributed by atoms with Crippen LogP contribution in [-0.4, -0.2) is 9.97 Å². The van der Waals surface area contributed by atoms with Crippen LogP contribution in [0.1, 0.15) is 17.3 Å². The molecular formula is C12H12F2N4. The first-order chi connectivity index (χ1) is 8.70. The van der Waals surface area contributed by atoms with E-state index in [0.717, 1.165) is 12.1 Å². The molecule has 18 heavy (non-hydrogen) atoms. The van der Waals surface area contributed by atoms with Crippen LogP contribution in [0.25, 0.3) is 0 Å². The topological polar surface area (TPSA) is 63.8 Å². The lowest BCUT2D eigenvalue weighted by Crippen LogP contribution is -2.30. The van der Waals surface area contributed by atoms with Gasteiger partial charge in [0, 0.05) is 6.20 Å². The molecule has 1 atom stereocenters. The summed E-state index contributed by atoms with van der Waals surface area (Å²) in [5, 5.41) is 0. The van der Waals surface area contributed by atoms with Crippen molar-refractivity contribution in [2.75, 3.05) is 0 Å². The van der Waals surface area contributed by atoms with Gasteiger partial charge in [0.05, 0.1) is 11.7 Å². The van der Waals surface area contributed by atoms with Crippen molar-refractivity contribution < 1.29 is 8.78 Å². The number of hydrogen-bond donors (Lipinski definition) is 2. The molecule has 2 rings (SSSR count). The molecule has 4 nitrogen and oxygen atoms in total. The standard InChI is InChI=1S/C12H12F2N4/c13-9-2-1-8(5-10(9)14)6-12(18-15)11-3-4-16-7-17-11/h1-5,7,12,18H,6,15H2. The fourth-order valence-corrected chi connectivity index (χ4v) is 1.66. The summed E-state index contributed by atoms with van der Waals surface area (Å²) >= 11 is 0. The molecule has 0 radical (unpaired) electrons. The molecule has 1 heterocycles. The van der Waals surface area contributed by atoms with Crippen LogP contribution in [0.5, 0.6) is 0 Å². The fraction of sp³-hybridized carbons (Fsp3) is 0.167. The number of nitrogens with two attached hydrogens (primary N) is 1. The van der Waals surface area contributed by atoms with Crippen molar-refractivity contribution in [3.8, 4) is 0 Å². The third-order valence-electron chi connectivity index (χ3n) is 2.59. The highest BCUT2D eigenvalue weighted by molar-refractivity contribution is 5.20. The molecule has 1 unspecified atom stereocenters. The van der Waals surface area contributed by atoms with Gasteiger partial charge in [0.15, 0.2) is 11.6 Å². The van der Waals surface area contributed by atoms with Crippen LogP contribution >= 0.6 is 0 Å². The quantitative estimate of drug-likeness (QED) is 0.637. The van der Waals surface area contributed by atoms with E-state index in [9.17, 15) is 8.78 Å². The Kier molecular flexibility index (Phi) is 3.91. The number of hydrazine groups is 1. The molecule has 0 fully saturated rings. The monoisotopic (exact) mass is 250 g/mol. The minimum atomic E-state index is -0.869. The summed E-state index contributed by atoms with van der Waals surface area (Å²) in [5.41, 5.74) is 3.92. The maximum Gasteiger partial charge on any atom is 0.159 e. The largest absolute Gasteiger partial charge is 0.271 e. The van der Waals surface area contributed by atoms with E-state index in [4.69, 9.17) is 5.84 Å². The van der Waals surface area contributed by atoms with E-state index in [2.05, 4.69) is 15.4 Å². The van der Waals surface area contributed by atoms with Crippen LogP contribution < -0.4 is 11.3 Å². The minimum absolute atomic E-state index is 0.280. The van der Waals surface area contributed by atoms with E-state index < -0.39 is 11.6 Å². The maximum atomic E-state index is 13.1. The van der Waals surface area contributed by atoms with Crippen LogP contribution in [-0.2, 0) is 6.42 Å². The van der Waals surface area contributed by atoms with Crippen LogP contribution in [0, 0.1) is 11.6 Å². The molecule has 6 heteroatoms. The minimum Gasteiger partial charge on any atom is -0.271 e. The van der Waals surface area contributed by atoms with Gasteiger partial charge < -0.3 is 0 Å². The summed E-state index contributed by atoms with van der Waals surface area (Å²) in [4.78, 5) is 7.87. The fourth-order valence-electron chi connectivity index (χ4n) is 1.66. The molecule has 1 aromatic heterocycles. The number of hydrogen-bond acceptors (Lipinski definition) is 4. The van der Waals surface area contributed by atoms with Gasteiger partial charge in [0.25, 0.3) is 0 Å². The molecular weight excluding hydrogens is 238 g/mol. The molecule has 0 aliphatic carbocycles. The first-order valence-corrected chi connectivity index (χ1v) is 5.36. The molecule has 0 saturated carbocycles. The molecule has 94 valence electrons. The molecule has 0 aliphatic rings. The number of nitrogens with zero attached hydrogens (tertiary/aromatic N) is 2. The van der Waals surface area contributed by atoms with E-state index in [0.29, 0.717) is 17.7 Å². The smallest absolute Gasteiger partial charge is 0.159 e. The van der Waals surface area contributed by atoms with Crippen LogP contribution in [0.15, 0.2) is 36.8 Å².